The maximum Gasteiger partial charge on any atom is 0.260 e. The Kier molecular flexibility index (Phi) is 5.66. The standard InChI is InChI=1S/C21H21N3O3S2/c1-12(22-10-13-6-7-15(26-2)16(9-13)27-3)19-23-20(25)18-14(11-29-21(18)24-19)17-5-4-8-28-17/h4-9,11-12,22H,10H2,1-3H3,(H,23,24,25)/t12-/m0/s1. The van der Waals surface area contributed by atoms with Crippen molar-refractivity contribution in [3.05, 3.63) is 62.8 Å². The first-order valence-electron chi connectivity index (χ1n) is 9.10. The Bertz CT molecular complexity index is 1180. The Labute approximate surface area is 176 Å². The lowest BCUT2D eigenvalue weighted by Crippen LogP contribution is -2.23. The van der Waals surface area contributed by atoms with Crippen molar-refractivity contribution >= 4 is 32.9 Å². The van der Waals surface area contributed by atoms with Crippen LogP contribution < -0.4 is 20.3 Å². The molecule has 150 valence electrons. The van der Waals surface area contributed by atoms with E-state index in [0.29, 0.717) is 29.3 Å². The summed E-state index contributed by atoms with van der Waals surface area (Å²) in [5, 5.41) is 8.08. The van der Waals surface area contributed by atoms with Crippen molar-refractivity contribution < 1.29 is 9.47 Å². The van der Waals surface area contributed by atoms with Crippen LogP contribution in [0.25, 0.3) is 20.7 Å². The molecule has 29 heavy (non-hydrogen) atoms. The van der Waals surface area contributed by atoms with E-state index in [-0.39, 0.29) is 11.6 Å². The van der Waals surface area contributed by atoms with Crippen molar-refractivity contribution in [1.82, 2.24) is 15.3 Å². The summed E-state index contributed by atoms with van der Waals surface area (Å²) in [5.74, 6) is 2.01. The fourth-order valence-electron chi connectivity index (χ4n) is 3.14. The number of hydrogen-bond donors (Lipinski definition) is 2. The highest BCUT2D eigenvalue weighted by atomic mass is 32.1. The SMILES string of the molecule is COc1ccc(CN[C@@H](C)c2nc3scc(-c4cccs4)c3c(=O)[nH]2)cc1OC. The van der Waals surface area contributed by atoms with Crippen LogP contribution in [0.15, 0.2) is 45.9 Å². The van der Waals surface area contributed by atoms with Crippen molar-refractivity contribution in [3.63, 3.8) is 0 Å². The van der Waals surface area contributed by atoms with Gasteiger partial charge in [0.1, 0.15) is 10.7 Å². The Morgan fingerprint density at radius 3 is 2.72 bits per heavy atom. The molecule has 4 rings (SSSR count). The maximum absolute atomic E-state index is 12.8. The van der Waals surface area contributed by atoms with Crippen molar-refractivity contribution in [2.45, 2.75) is 19.5 Å². The highest BCUT2D eigenvalue weighted by Gasteiger charge is 2.16. The molecule has 0 spiro atoms. The van der Waals surface area contributed by atoms with Gasteiger partial charge in [0.15, 0.2) is 11.5 Å². The first kappa shape index (κ1) is 19.6. The van der Waals surface area contributed by atoms with Crippen LogP contribution in [0.5, 0.6) is 11.5 Å². The van der Waals surface area contributed by atoms with Crippen LogP contribution in [-0.4, -0.2) is 24.2 Å². The Hall–Kier alpha value is -2.68. The predicted molar refractivity (Wildman–Crippen MR) is 118 cm³/mol. The van der Waals surface area contributed by atoms with E-state index < -0.39 is 0 Å². The molecule has 0 fully saturated rings. The summed E-state index contributed by atoms with van der Waals surface area (Å²) in [6, 6.07) is 9.68. The van der Waals surface area contributed by atoms with Crippen LogP contribution in [0.3, 0.4) is 0 Å². The molecule has 0 radical (unpaired) electrons. The van der Waals surface area contributed by atoms with Gasteiger partial charge in [0.25, 0.3) is 5.56 Å². The van der Waals surface area contributed by atoms with Crippen molar-refractivity contribution in [2.24, 2.45) is 0 Å². The van der Waals surface area contributed by atoms with Gasteiger partial charge in [-0.05, 0) is 36.1 Å². The zero-order valence-corrected chi connectivity index (χ0v) is 17.9. The number of ether oxygens (including phenoxy) is 2. The molecule has 0 aliphatic carbocycles. The Morgan fingerprint density at radius 2 is 2.00 bits per heavy atom. The lowest BCUT2D eigenvalue weighted by Gasteiger charge is -2.14. The number of thiophene rings is 2. The molecule has 0 amide bonds. The molecular weight excluding hydrogens is 406 g/mol. The van der Waals surface area contributed by atoms with Gasteiger partial charge in [0.2, 0.25) is 0 Å². The van der Waals surface area contributed by atoms with Gasteiger partial charge in [0, 0.05) is 22.4 Å². The number of hydrogen-bond acceptors (Lipinski definition) is 7. The van der Waals surface area contributed by atoms with Crippen molar-refractivity contribution in [2.75, 3.05) is 14.2 Å². The van der Waals surface area contributed by atoms with Crippen LogP contribution in [-0.2, 0) is 6.54 Å². The lowest BCUT2D eigenvalue weighted by molar-refractivity contribution is 0.354. The summed E-state index contributed by atoms with van der Waals surface area (Å²) in [4.78, 5) is 22.3. The number of nitrogens with one attached hydrogen (secondary N) is 2. The third kappa shape index (κ3) is 3.91. The number of aromatic nitrogens is 2. The number of methoxy groups -OCH3 is 2. The van der Waals surface area contributed by atoms with Crippen molar-refractivity contribution in [1.29, 1.82) is 0 Å². The highest BCUT2D eigenvalue weighted by molar-refractivity contribution is 7.18. The summed E-state index contributed by atoms with van der Waals surface area (Å²) in [5.41, 5.74) is 1.90. The minimum absolute atomic E-state index is 0.102. The second kappa shape index (κ2) is 8.36. The van der Waals surface area contributed by atoms with Gasteiger partial charge in [-0.25, -0.2) is 4.98 Å². The van der Waals surface area contributed by atoms with Gasteiger partial charge in [-0.2, -0.15) is 0 Å². The zero-order chi connectivity index (χ0) is 20.4. The molecule has 0 aliphatic heterocycles. The van der Waals surface area contributed by atoms with E-state index in [0.717, 1.165) is 20.8 Å². The van der Waals surface area contributed by atoms with Crippen LogP contribution >= 0.6 is 22.7 Å². The largest absolute Gasteiger partial charge is 0.493 e. The molecule has 3 aromatic heterocycles. The minimum Gasteiger partial charge on any atom is -0.493 e. The van der Waals surface area contributed by atoms with Gasteiger partial charge in [-0.15, -0.1) is 22.7 Å². The van der Waals surface area contributed by atoms with Crippen LogP contribution in [0.1, 0.15) is 24.4 Å². The lowest BCUT2D eigenvalue weighted by atomic mass is 10.2. The molecule has 2 N–H and O–H groups in total. The second-order valence-electron chi connectivity index (χ2n) is 6.55. The first-order valence-corrected chi connectivity index (χ1v) is 10.9. The average molecular weight is 428 g/mol. The van der Waals surface area contributed by atoms with E-state index in [2.05, 4.69) is 10.3 Å². The maximum atomic E-state index is 12.8. The Morgan fingerprint density at radius 1 is 1.17 bits per heavy atom. The minimum atomic E-state index is -0.118. The molecule has 0 saturated carbocycles. The molecule has 4 aromatic rings. The summed E-state index contributed by atoms with van der Waals surface area (Å²) in [6.45, 7) is 2.59. The Balaban J connectivity index is 1.55. The predicted octanol–water partition coefficient (Wildman–Crippen LogP) is 4.58. The molecule has 0 aliphatic rings. The average Bonchev–Trinajstić information content (AvgIpc) is 3.41. The summed E-state index contributed by atoms with van der Waals surface area (Å²) in [7, 11) is 3.23. The number of aromatic amines is 1. The normalized spacial score (nSPS) is 12.2. The third-order valence-corrected chi connectivity index (χ3v) is 6.49. The molecule has 8 heteroatoms. The molecule has 1 aromatic carbocycles. The summed E-state index contributed by atoms with van der Waals surface area (Å²) < 4.78 is 10.6. The molecular formula is C21H21N3O3S2. The van der Waals surface area contributed by atoms with Crippen LogP contribution in [0, 0.1) is 0 Å². The van der Waals surface area contributed by atoms with E-state index in [4.69, 9.17) is 14.5 Å². The van der Waals surface area contributed by atoms with Gasteiger partial charge in [-0.1, -0.05) is 12.1 Å². The number of H-pyrrole nitrogens is 1. The fraction of sp³-hybridized carbons (Fsp3) is 0.238. The van der Waals surface area contributed by atoms with Crippen molar-refractivity contribution in [3.8, 4) is 21.9 Å². The second-order valence-corrected chi connectivity index (χ2v) is 8.36. The summed E-state index contributed by atoms with van der Waals surface area (Å²) in [6.07, 6.45) is 0. The molecule has 0 bridgehead atoms. The first-order chi connectivity index (χ1) is 14.1. The van der Waals surface area contributed by atoms with E-state index in [1.165, 1.54) is 11.3 Å². The highest BCUT2D eigenvalue weighted by Crippen LogP contribution is 2.33. The fourth-order valence-corrected chi connectivity index (χ4v) is 4.91. The molecule has 3 heterocycles. The van der Waals surface area contributed by atoms with E-state index in [1.807, 2.05) is 48.0 Å². The monoisotopic (exact) mass is 427 g/mol. The van der Waals surface area contributed by atoms with Gasteiger partial charge < -0.3 is 19.8 Å². The smallest absolute Gasteiger partial charge is 0.260 e. The van der Waals surface area contributed by atoms with E-state index >= 15 is 0 Å². The summed E-state index contributed by atoms with van der Waals surface area (Å²) >= 11 is 3.12. The number of benzene rings is 1. The number of rotatable bonds is 7. The van der Waals surface area contributed by atoms with Gasteiger partial charge in [0.05, 0.1) is 25.6 Å². The van der Waals surface area contributed by atoms with Crippen LogP contribution in [0.4, 0.5) is 0 Å². The molecule has 1 atom stereocenters. The third-order valence-electron chi connectivity index (χ3n) is 4.72. The molecule has 0 unspecified atom stereocenters. The molecule has 6 nitrogen and oxygen atoms in total. The quantitative estimate of drug-likeness (QED) is 0.451. The number of nitrogens with zero attached hydrogens (tertiary/aromatic N) is 1. The molecule has 0 saturated heterocycles. The topological polar surface area (TPSA) is 76.2 Å². The number of fused-ring (bicyclic) bond motifs is 1. The van der Waals surface area contributed by atoms with E-state index in [1.54, 1.807) is 25.6 Å². The van der Waals surface area contributed by atoms with Crippen LogP contribution in [0.2, 0.25) is 0 Å². The van der Waals surface area contributed by atoms with Gasteiger partial charge in [-0.3, -0.25) is 4.79 Å². The van der Waals surface area contributed by atoms with Gasteiger partial charge >= 0.3 is 0 Å². The van der Waals surface area contributed by atoms with E-state index in [9.17, 15) is 4.79 Å². The zero-order valence-electron chi connectivity index (χ0n) is 16.3.